The fourth-order valence-corrected chi connectivity index (χ4v) is 5.12. The number of nitrogens with one attached hydrogen (secondary N) is 1. The van der Waals surface area contributed by atoms with Gasteiger partial charge in [-0.3, -0.25) is 4.90 Å². The lowest BCUT2D eigenvalue weighted by molar-refractivity contribution is 0.132. The van der Waals surface area contributed by atoms with Crippen LogP contribution in [0.4, 0.5) is 10.5 Å². The van der Waals surface area contributed by atoms with Gasteiger partial charge in [-0.05, 0) is 57.0 Å². The van der Waals surface area contributed by atoms with Gasteiger partial charge in [-0.2, -0.15) is 0 Å². The fourth-order valence-electron chi connectivity index (χ4n) is 3.72. The lowest BCUT2D eigenvalue weighted by atomic mass is 10.0. The number of piperidine rings is 1. The molecule has 0 saturated carbocycles. The Morgan fingerprint density at radius 2 is 1.89 bits per heavy atom. The van der Waals surface area contributed by atoms with E-state index in [0.717, 1.165) is 30.2 Å². The zero-order valence-corrected chi connectivity index (χ0v) is 17.4. The Hall–Kier alpha value is -1.35. The van der Waals surface area contributed by atoms with E-state index in [1.54, 1.807) is 6.07 Å². The van der Waals surface area contributed by atoms with E-state index in [4.69, 9.17) is 11.6 Å². The van der Waals surface area contributed by atoms with Gasteiger partial charge in [0, 0.05) is 38.9 Å². The van der Waals surface area contributed by atoms with E-state index >= 15 is 0 Å². The molecule has 1 N–H and O–H groups in total. The molecule has 0 aromatic heterocycles. The smallest absolute Gasteiger partial charge is 0.321 e. The van der Waals surface area contributed by atoms with Gasteiger partial charge >= 0.3 is 6.03 Å². The molecule has 0 aliphatic carbocycles. The first kappa shape index (κ1) is 20.4. The fraction of sp³-hybridized carbons (Fsp3) is 0.611. The number of hydrogen-bond acceptors (Lipinski definition) is 4. The number of halogens is 1. The lowest BCUT2D eigenvalue weighted by Crippen LogP contribution is -2.50. The molecule has 150 valence electrons. The number of amides is 2. The summed E-state index contributed by atoms with van der Waals surface area (Å²) in [4.78, 5) is 17.0. The molecule has 1 atom stereocenters. The maximum absolute atomic E-state index is 12.7. The van der Waals surface area contributed by atoms with Gasteiger partial charge in [0.2, 0.25) is 10.0 Å². The normalized spacial score (nSPS) is 21.6. The Bertz CT molecular complexity index is 794. The number of rotatable bonds is 4. The van der Waals surface area contributed by atoms with E-state index in [1.165, 1.54) is 39.1 Å². The molecule has 1 aromatic carbocycles. The van der Waals surface area contributed by atoms with E-state index < -0.39 is 10.0 Å². The predicted molar refractivity (Wildman–Crippen MR) is 107 cm³/mol. The summed E-state index contributed by atoms with van der Waals surface area (Å²) >= 11 is 6.07. The number of nitrogens with zero attached hydrogens (tertiary/aromatic N) is 3. The summed E-state index contributed by atoms with van der Waals surface area (Å²) in [5.41, 5.74) is 0.424. The molecule has 2 fully saturated rings. The maximum Gasteiger partial charge on any atom is 0.321 e. The van der Waals surface area contributed by atoms with Crippen LogP contribution in [0.1, 0.15) is 25.7 Å². The van der Waals surface area contributed by atoms with Crippen molar-refractivity contribution in [2.24, 2.45) is 0 Å². The molecule has 0 unspecified atom stereocenters. The number of anilines is 1. The number of carbonyl (C=O) groups excluding carboxylic acids is 1. The van der Waals surface area contributed by atoms with Crippen molar-refractivity contribution in [2.75, 3.05) is 45.6 Å². The predicted octanol–water partition coefficient (Wildman–Crippen LogP) is 2.68. The van der Waals surface area contributed by atoms with E-state index in [1.807, 2.05) is 4.90 Å². The minimum atomic E-state index is -3.68. The van der Waals surface area contributed by atoms with Gasteiger partial charge in [0.25, 0.3) is 0 Å². The van der Waals surface area contributed by atoms with Gasteiger partial charge in [-0.15, -0.1) is 0 Å². The first-order chi connectivity index (χ1) is 12.8. The molecular formula is C18H27ClN4O3S. The van der Waals surface area contributed by atoms with Gasteiger partial charge in [0.1, 0.15) is 4.90 Å². The maximum atomic E-state index is 12.7. The molecule has 3 rings (SSSR count). The quantitative estimate of drug-likeness (QED) is 0.822. The van der Waals surface area contributed by atoms with Crippen LogP contribution in [0.15, 0.2) is 23.1 Å². The molecular weight excluding hydrogens is 388 g/mol. The van der Waals surface area contributed by atoms with Crippen LogP contribution >= 0.6 is 11.6 Å². The Labute approximate surface area is 166 Å². The summed E-state index contributed by atoms with van der Waals surface area (Å²) in [7, 11) is -0.786. The van der Waals surface area contributed by atoms with Crippen LogP contribution in [0, 0.1) is 0 Å². The highest BCUT2D eigenvalue weighted by Gasteiger charge is 2.29. The van der Waals surface area contributed by atoms with Crippen molar-refractivity contribution in [3.8, 4) is 0 Å². The van der Waals surface area contributed by atoms with Crippen molar-refractivity contribution in [1.29, 1.82) is 0 Å². The third-order valence-electron chi connectivity index (χ3n) is 5.28. The molecule has 1 aromatic rings. The zero-order valence-electron chi connectivity index (χ0n) is 15.8. The highest BCUT2D eigenvalue weighted by molar-refractivity contribution is 7.89. The summed E-state index contributed by atoms with van der Waals surface area (Å²) < 4.78 is 25.9. The third-order valence-corrected chi connectivity index (χ3v) is 7.58. The SMILES string of the molecule is CN(C)S(=O)(=O)c1cc(NC(=O)N2CCC[C@H](N3CCCC3)C2)ccc1Cl. The van der Waals surface area contributed by atoms with Gasteiger partial charge in [0.15, 0.2) is 0 Å². The summed E-state index contributed by atoms with van der Waals surface area (Å²) in [6.45, 7) is 3.65. The van der Waals surface area contributed by atoms with Gasteiger partial charge in [0.05, 0.1) is 5.02 Å². The van der Waals surface area contributed by atoms with Crippen molar-refractivity contribution < 1.29 is 13.2 Å². The first-order valence-corrected chi connectivity index (χ1v) is 11.1. The van der Waals surface area contributed by atoms with Crippen LogP contribution in [-0.4, -0.2) is 74.9 Å². The molecule has 0 bridgehead atoms. The molecule has 2 aliphatic heterocycles. The molecule has 0 spiro atoms. The van der Waals surface area contributed by atoms with Crippen LogP contribution in [-0.2, 0) is 10.0 Å². The van der Waals surface area contributed by atoms with Crippen LogP contribution in [0.3, 0.4) is 0 Å². The van der Waals surface area contributed by atoms with Crippen LogP contribution in [0.25, 0.3) is 0 Å². The second-order valence-corrected chi connectivity index (χ2v) is 9.88. The van der Waals surface area contributed by atoms with Crippen LogP contribution in [0.5, 0.6) is 0 Å². The highest BCUT2D eigenvalue weighted by atomic mass is 35.5. The second-order valence-electron chi connectivity index (χ2n) is 7.35. The minimum Gasteiger partial charge on any atom is -0.323 e. The molecule has 27 heavy (non-hydrogen) atoms. The molecule has 2 amide bonds. The Kier molecular flexibility index (Phi) is 6.30. The summed E-state index contributed by atoms with van der Waals surface area (Å²) in [6.07, 6.45) is 4.57. The summed E-state index contributed by atoms with van der Waals surface area (Å²) in [6, 6.07) is 4.75. The van der Waals surface area contributed by atoms with Crippen molar-refractivity contribution in [1.82, 2.24) is 14.1 Å². The Balaban J connectivity index is 1.70. The lowest BCUT2D eigenvalue weighted by Gasteiger charge is -2.37. The number of urea groups is 1. The number of sulfonamides is 1. The largest absolute Gasteiger partial charge is 0.323 e. The van der Waals surface area contributed by atoms with E-state index in [-0.39, 0.29) is 15.9 Å². The van der Waals surface area contributed by atoms with Gasteiger partial charge < -0.3 is 10.2 Å². The number of hydrogen-bond donors (Lipinski definition) is 1. The van der Waals surface area contributed by atoms with E-state index in [0.29, 0.717) is 24.8 Å². The van der Waals surface area contributed by atoms with Crippen LogP contribution in [0.2, 0.25) is 5.02 Å². The monoisotopic (exact) mass is 414 g/mol. The number of carbonyl (C=O) groups is 1. The van der Waals surface area contributed by atoms with Gasteiger partial charge in [-0.25, -0.2) is 17.5 Å². The third kappa shape index (κ3) is 4.56. The Morgan fingerprint density at radius 1 is 1.19 bits per heavy atom. The van der Waals surface area contributed by atoms with E-state index in [2.05, 4.69) is 10.2 Å². The van der Waals surface area contributed by atoms with Crippen molar-refractivity contribution >= 4 is 33.3 Å². The van der Waals surface area contributed by atoms with Crippen LogP contribution < -0.4 is 5.32 Å². The number of likely N-dealkylation sites (tertiary alicyclic amines) is 2. The van der Waals surface area contributed by atoms with Gasteiger partial charge in [-0.1, -0.05) is 11.6 Å². The van der Waals surface area contributed by atoms with E-state index in [9.17, 15) is 13.2 Å². The van der Waals surface area contributed by atoms with Crippen molar-refractivity contribution in [3.05, 3.63) is 23.2 Å². The molecule has 9 heteroatoms. The number of benzene rings is 1. The first-order valence-electron chi connectivity index (χ1n) is 9.31. The standard InChI is InChI=1S/C18H27ClN4O3S/c1-21(2)27(25,26)17-12-14(7-8-16(17)19)20-18(24)23-11-5-6-15(13-23)22-9-3-4-10-22/h7-8,12,15H,3-6,9-11,13H2,1-2H3,(H,20,24)/t15-/m0/s1. The molecule has 7 nitrogen and oxygen atoms in total. The highest BCUT2D eigenvalue weighted by Crippen LogP contribution is 2.27. The average Bonchev–Trinajstić information content (AvgIpc) is 3.18. The zero-order chi connectivity index (χ0) is 19.6. The van der Waals surface area contributed by atoms with Crippen molar-refractivity contribution in [2.45, 2.75) is 36.6 Å². The molecule has 2 heterocycles. The average molecular weight is 415 g/mol. The summed E-state index contributed by atoms with van der Waals surface area (Å²) in [5.74, 6) is 0. The Morgan fingerprint density at radius 3 is 2.56 bits per heavy atom. The van der Waals surface area contributed by atoms with Crippen molar-refractivity contribution in [3.63, 3.8) is 0 Å². The molecule has 0 radical (unpaired) electrons. The topological polar surface area (TPSA) is 73.0 Å². The molecule has 2 saturated heterocycles. The summed E-state index contributed by atoms with van der Waals surface area (Å²) in [5, 5.41) is 2.96. The second kappa shape index (κ2) is 8.34. The minimum absolute atomic E-state index is 0.0134. The molecule has 2 aliphatic rings.